The van der Waals surface area contributed by atoms with Crippen LogP contribution in [0.15, 0.2) is 12.7 Å². The molecule has 0 amide bonds. The third-order valence-corrected chi connectivity index (χ3v) is 6.59. The molecule has 122 valence electrons. The Balaban J connectivity index is 2.06. The predicted octanol–water partition coefficient (Wildman–Crippen LogP) is 3.40. The van der Waals surface area contributed by atoms with Gasteiger partial charge in [0.1, 0.15) is 11.2 Å². The normalized spacial score (nSPS) is 39.4. The molecule has 3 fully saturated rings. The number of carbonyl (C=O) groups is 2. The highest BCUT2D eigenvalue weighted by Gasteiger charge is 2.76. The SMILES string of the molecule is C=CC(=O)OC(C)(C)C12CCCC1(OC(C)=O)C1CCC2C1. The lowest BCUT2D eigenvalue weighted by molar-refractivity contribution is -0.225. The summed E-state index contributed by atoms with van der Waals surface area (Å²) in [6, 6.07) is 0. The van der Waals surface area contributed by atoms with Crippen LogP contribution in [0.3, 0.4) is 0 Å². The number of ether oxygens (including phenoxy) is 2. The zero-order valence-electron chi connectivity index (χ0n) is 13.8. The minimum absolute atomic E-state index is 0.218. The Labute approximate surface area is 132 Å². The van der Waals surface area contributed by atoms with Gasteiger partial charge < -0.3 is 9.47 Å². The van der Waals surface area contributed by atoms with E-state index in [0.29, 0.717) is 11.8 Å². The van der Waals surface area contributed by atoms with Crippen LogP contribution < -0.4 is 0 Å². The van der Waals surface area contributed by atoms with Crippen molar-refractivity contribution in [3.63, 3.8) is 0 Å². The molecular weight excluding hydrogens is 280 g/mol. The van der Waals surface area contributed by atoms with Crippen LogP contribution in [0.2, 0.25) is 0 Å². The molecule has 22 heavy (non-hydrogen) atoms. The van der Waals surface area contributed by atoms with Crippen LogP contribution in [-0.2, 0) is 19.1 Å². The molecule has 4 unspecified atom stereocenters. The molecule has 0 aromatic carbocycles. The smallest absolute Gasteiger partial charge is 0.330 e. The Bertz CT molecular complexity index is 523. The van der Waals surface area contributed by atoms with Crippen molar-refractivity contribution in [2.45, 2.75) is 70.5 Å². The molecule has 0 spiro atoms. The monoisotopic (exact) mass is 306 g/mol. The number of fused-ring (bicyclic) bond motifs is 5. The highest BCUT2D eigenvalue weighted by molar-refractivity contribution is 5.81. The molecule has 4 heteroatoms. The van der Waals surface area contributed by atoms with Gasteiger partial charge in [-0.25, -0.2) is 4.79 Å². The van der Waals surface area contributed by atoms with Gasteiger partial charge in [0.15, 0.2) is 0 Å². The van der Waals surface area contributed by atoms with Crippen LogP contribution in [0.1, 0.15) is 59.3 Å². The summed E-state index contributed by atoms with van der Waals surface area (Å²) in [5, 5.41) is 0. The van der Waals surface area contributed by atoms with E-state index >= 15 is 0 Å². The zero-order valence-corrected chi connectivity index (χ0v) is 13.8. The van der Waals surface area contributed by atoms with E-state index in [-0.39, 0.29) is 11.4 Å². The number of rotatable bonds is 4. The highest BCUT2D eigenvalue weighted by atomic mass is 16.6. The predicted molar refractivity (Wildman–Crippen MR) is 82.0 cm³/mol. The van der Waals surface area contributed by atoms with Gasteiger partial charge in [-0.05, 0) is 64.2 Å². The third-order valence-electron chi connectivity index (χ3n) is 6.59. The standard InChI is InChI=1S/C18H26O4/c1-5-15(20)22-16(3,4)17-9-6-10-18(17,21-12(2)19)14-8-7-13(17)11-14/h5,13-14H,1,6-11H2,2-4H3. The molecule has 3 saturated carbocycles. The van der Waals surface area contributed by atoms with Crippen LogP contribution in [0.4, 0.5) is 0 Å². The molecular formula is C18H26O4. The van der Waals surface area contributed by atoms with Gasteiger partial charge in [0.25, 0.3) is 0 Å². The number of carbonyl (C=O) groups excluding carboxylic acids is 2. The van der Waals surface area contributed by atoms with Crippen molar-refractivity contribution >= 4 is 11.9 Å². The molecule has 0 saturated heterocycles. The second-order valence-corrected chi connectivity index (χ2v) is 7.65. The van der Waals surface area contributed by atoms with E-state index in [9.17, 15) is 9.59 Å². The van der Waals surface area contributed by atoms with Gasteiger partial charge in [0, 0.05) is 13.0 Å². The summed E-state index contributed by atoms with van der Waals surface area (Å²) in [4.78, 5) is 23.7. The Morgan fingerprint density at radius 2 is 1.91 bits per heavy atom. The van der Waals surface area contributed by atoms with E-state index in [1.54, 1.807) is 0 Å². The first-order valence-electron chi connectivity index (χ1n) is 8.34. The largest absolute Gasteiger partial charge is 0.458 e. The van der Waals surface area contributed by atoms with Crippen molar-refractivity contribution < 1.29 is 19.1 Å². The molecule has 0 aliphatic heterocycles. The number of hydrogen-bond donors (Lipinski definition) is 0. The maximum atomic E-state index is 11.9. The fourth-order valence-electron chi connectivity index (χ4n) is 6.20. The molecule has 0 radical (unpaired) electrons. The molecule has 2 bridgehead atoms. The minimum Gasteiger partial charge on any atom is -0.458 e. The van der Waals surface area contributed by atoms with Crippen molar-refractivity contribution in [3.05, 3.63) is 12.7 Å². The molecule has 4 atom stereocenters. The van der Waals surface area contributed by atoms with Gasteiger partial charge in [-0.3, -0.25) is 4.79 Å². The van der Waals surface area contributed by atoms with Crippen molar-refractivity contribution in [2.24, 2.45) is 17.3 Å². The van der Waals surface area contributed by atoms with Gasteiger partial charge in [0.2, 0.25) is 0 Å². The summed E-state index contributed by atoms with van der Waals surface area (Å²) in [6.07, 6.45) is 7.43. The summed E-state index contributed by atoms with van der Waals surface area (Å²) < 4.78 is 11.8. The van der Waals surface area contributed by atoms with Crippen molar-refractivity contribution in [3.8, 4) is 0 Å². The lowest BCUT2D eigenvalue weighted by Crippen LogP contribution is -2.62. The Morgan fingerprint density at radius 3 is 2.55 bits per heavy atom. The molecule has 0 aromatic heterocycles. The van der Waals surface area contributed by atoms with Crippen molar-refractivity contribution in [1.29, 1.82) is 0 Å². The number of hydrogen-bond acceptors (Lipinski definition) is 4. The highest BCUT2D eigenvalue weighted by Crippen LogP contribution is 2.73. The fourth-order valence-corrected chi connectivity index (χ4v) is 6.20. The van der Waals surface area contributed by atoms with Gasteiger partial charge >= 0.3 is 11.9 Å². The van der Waals surface area contributed by atoms with E-state index in [1.807, 2.05) is 13.8 Å². The molecule has 3 aliphatic carbocycles. The van der Waals surface area contributed by atoms with E-state index < -0.39 is 17.2 Å². The average Bonchev–Trinajstić information content (AvgIpc) is 3.07. The van der Waals surface area contributed by atoms with Crippen LogP contribution in [0.5, 0.6) is 0 Å². The van der Waals surface area contributed by atoms with Crippen LogP contribution in [-0.4, -0.2) is 23.1 Å². The van der Waals surface area contributed by atoms with Gasteiger partial charge in [-0.15, -0.1) is 0 Å². The van der Waals surface area contributed by atoms with Crippen LogP contribution in [0.25, 0.3) is 0 Å². The summed E-state index contributed by atoms with van der Waals surface area (Å²) in [5.74, 6) is 0.257. The molecule has 0 aromatic rings. The quantitative estimate of drug-likeness (QED) is 0.590. The van der Waals surface area contributed by atoms with E-state index in [0.717, 1.165) is 38.5 Å². The molecule has 3 rings (SSSR count). The first-order valence-corrected chi connectivity index (χ1v) is 8.34. The molecule has 0 N–H and O–H groups in total. The Kier molecular flexibility index (Phi) is 3.42. The summed E-state index contributed by atoms with van der Waals surface area (Å²) >= 11 is 0. The number of esters is 2. The summed E-state index contributed by atoms with van der Waals surface area (Å²) in [7, 11) is 0. The van der Waals surface area contributed by atoms with Crippen molar-refractivity contribution in [1.82, 2.24) is 0 Å². The Hall–Kier alpha value is -1.32. The first-order chi connectivity index (χ1) is 10.3. The summed E-state index contributed by atoms with van der Waals surface area (Å²) in [5.41, 5.74) is -1.37. The van der Waals surface area contributed by atoms with Gasteiger partial charge in [0.05, 0.1) is 5.41 Å². The van der Waals surface area contributed by atoms with Crippen molar-refractivity contribution in [2.75, 3.05) is 0 Å². The zero-order chi connectivity index (χ0) is 16.2. The lowest BCUT2D eigenvalue weighted by Gasteiger charge is -2.55. The second kappa shape index (κ2) is 4.84. The van der Waals surface area contributed by atoms with E-state index in [1.165, 1.54) is 13.0 Å². The van der Waals surface area contributed by atoms with Crippen LogP contribution >= 0.6 is 0 Å². The fraction of sp³-hybridized carbons (Fsp3) is 0.778. The lowest BCUT2D eigenvalue weighted by atomic mass is 9.57. The van der Waals surface area contributed by atoms with E-state index in [2.05, 4.69) is 6.58 Å². The average molecular weight is 306 g/mol. The van der Waals surface area contributed by atoms with Gasteiger partial charge in [-0.2, -0.15) is 0 Å². The topological polar surface area (TPSA) is 52.6 Å². The molecule has 0 heterocycles. The third kappa shape index (κ3) is 1.76. The minimum atomic E-state index is -0.663. The maximum Gasteiger partial charge on any atom is 0.330 e. The summed E-state index contributed by atoms with van der Waals surface area (Å²) in [6.45, 7) is 8.97. The Morgan fingerprint density at radius 1 is 1.23 bits per heavy atom. The second-order valence-electron chi connectivity index (χ2n) is 7.65. The molecule has 3 aliphatic rings. The van der Waals surface area contributed by atoms with Crippen LogP contribution in [0, 0.1) is 17.3 Å². The maximum absolute atomic E-state index is 11.9. The molecule has 4 nitrogen and oxygen atoms in total. The van der Waals surface area contributed by atoms with E-state index in [4.69, 9.17) is 9.47 Å². The van der Waals surface area contributed by atoms with Gasteiger partial charge in [-0.1, -0.05) is 6.58 Å². The first kappa shape index (κ1) is 15.6.